The van der Waals surface area contributed by atoms with Crippen LogP contribution < -0.4 is 9.47 Å². The van der Waals surface area contributed by atoms with Crippen LogP contribution >= 0.6 is 0 Å². The highest BCUT2D eigenvalue weighted by molar-refractivity contribution is 5.85. The quantitative estimate of drug-likeness (QED) is 0.600. The topological polar surface area (TPSA) is 55.8 Å². The lowest BCUT2D eigenvalue weighted by molar-refractivity contribution is -0.131. The third-order valence-corrected chi connectivity index (χ3v) is 4.08. The van der Waals surface area contributed by atoms with Crippen molar-refractivity contribution in [1.82, 2.24) is 0 Å². The number of aliphatic carboxylic acids is 1. The van der Waals surface area contributed by atoms with Crippen LogP contribution in [-0.4, -0.2) is 18.2 Å². The van der Waals surface area contributed by atoms with E-state index in [9.17, 15) is 4.79 Å². The van der Waals surface area contributed by atoms with Crippen LogP contribution in [0.25, 0.3) is 17.2 Å². The van der Waals surface area contributed by atoms with Crippen LogP contribution in [0.15, 0.2) is 78.9 Å². The second-order valence-electron chi connectivity index (χ2n) is 5.92. The van der Waals surface area contributed by atoms with Crippen LogP contribution in [0.1, 0.15) is 11.1 Å². The van der Waals surface area contributed by atoms with E-state index in [0.29, 0.717) is 12.4 Å². The molecular formula is C23H20O4. The van der Waals surface area contributed by atoms with Crippen molar-refractivity contribution in [1.29, 1.82) is 0 Å². The summed E-state index contributed by atoms with van der Waals surface area (Å²) >= 11 is 0. The number of rotatable bonds is 7. The SMILES string of the molecule is COc1ccc(/C=C/C(=O)O)cc1COc1ccc(-c2ccccc2)cc1. The molecule has 0 fully saturated rings. The van der Waals surface area contributed by atoms with Gasteiger partial charge in [-0.3, -0.25) is 0 Å². The second-order valence-corrected chi connectivity index (χ2v) is 5.92. The lowest BCUT2D eigenvalue weighted by Gasteiger charge is -2.12. The van der Waals surface area contributed by atoms with Gasteiger partial charge in [0.15, 0.2) is 0 Å². The van der Waals surface area contributed by atoms with Gasteiger partial charge in [-0.1, -0.05) is 48.5 Å². The maximum absolute atomic E-state index is 10.7. The summed E-state index contributed by atoms with van der Waals surface area (Å²) in [6.07, 6.45) is 2.65. The maximum atomic E-state index is 10.7. The number of hydrogen-bond acceptors (Lipinski definition) is 3. The zero-order chi connectivity index (χ0) is 19.1. The first-order chi connectivity index (χ1) is 13.2. The summed E-state index contributed by atoms with van der Waals surface area (Å²) in [6.45, 7) is 0.322. The summed E-state index contributed by atoms with van der Waals surface area (Å²) in [5.74, 6) is 0.466. The molecule has 0 saturated carbocycles. The van der Waals surface area contributed by atoms with Crippen molar-refractivity contribution < 1.29 is 19.4 Å². The van der Waals surface area contributed by atoms with Crippen molar-refractivity contribution in [2.75, 3.05) is 7.11 Å². The third kappa shape index (κ3) is 4.98. The van der Waals surface area contributed by atoms with Gasteiger partial charge < -0.3 is 14.6 Å². The zero-order valence-corrected chi connectivity index (χ0v) is 15.0. The molecule has 0 spiro atoms. The molecule has 0 atom stereocenters. The van der Waals surface area contributed by atoms with E-state index in [1.807, 2.05) is 48.5 Å². The Kier molecular flexibility index (Phi) is 5.90. The van der Waals surface area contributed by atoms with Gasteiger partial charge in [-0.15, -0.1) is 0 Å². The van der Waals surface area contributed by atoms with Crippen LogP contribution in [0.5, 0.6) is 11.5 Å². The lowest BCUT2D eigenvalue weighted by Crippen LogP contribution is -1.99. The molecule has 4 nitrogen and oxygen atoms in total. The average Bonchev–Trinajstić information content (AvgIpc) is 2.71. The highest BCUT2D eigenvalue weighted by atomic mass is 16.5. The normalized spacial score (nSPS) is 10.7. The molecule has 27 heavy (non-hydrogen) atoms. The van der Waals surface area contributed by atoms with Gasteiger partial charge in [0.1, 0.15) is 18.1 Å². The van der Waals surface area contributed by atoms with E-state index in [-0.39, 0.29) is 0 Å². The van der Waals surface area contributed by atoms with Crippen LogP contribution in [0.3, 0.4) is 0 Å². The molecule has 0 aliphatic heterocycles. The van der Waals surface area contributed by atoms with Gasteiger partial charge in [0.05, 0.1) is 7.11 Å². The summed E-state index contributed by atoms with van der Waals surface area (Å²) in [5.41, 5.74) is 3.90. The summed E-state index contributed by atoms with van der Waals surface area (Å²) in [7, 11) is 1.60. The Bertz CT molecular complexity index is 928. The molecule has 136 valence electrons. The highest BCUT2D eigenvalue weighted by Crippen LogP contribution is 2.25. The fourth-order valence-corrected chi connectivity index (χ4v) is 2.72. The Balaban J connectivity index is 1.72. The minimum atomic E-state index is -0.984. The summed E-state index contributed by atoms with van der Waals surface area (Å²) < 4.78 is 11.3. The van der Waals surface area contributed by atoms with Gasteiger partial charge >= 0.3 is 5.97 Å². The molecule has 0 bridgehead atoms. The first-order valence-electron chi connectivity index (χ1n) is 8.52. The standard InChI is InChI=1S/C23H20O4/c1-26-22-13-7-17(8-14-23(24)25)15-20(22)16-27-21-11-9-19(10-12-21)18-5-3-2-4-6-18/h2-15H,16H2,1H3,(H,24,25)/b14-8+. The van der Waals surface area contributed by atoms with E-state index in [1.165, 1.54) is 0 Å². The van der Waals surface area contributed by atoms with E-state index >= 15 is 0 Å². The van der Waals surface area contributed by atoms with Crippen LogP contribution in [-0.2, 0) is 11.4 Å². The molecule has 1 N–H and O–H groups in total. The summed E-state index contributed by atoms with van der Waals surface area (Å²) in [6, 6.07) is 23.5. The predicted molar refractivity (Wildman–Crippen MR) is 106 cm³/mol. The molecule has 0 saturated heterocycles. The van der Waals surface area contributed by atoms with Gasteiger partial charge in [-0.25, -0.2) is 4.79 Å². The molecule has 3 aromatic rings. The largest absolute Gasteiger partial charge is 0.496 e. The van der Waals surface area contributed by atoms with Crippen LogP contribution in [0, 0.1) is 0 Å². The van der Waals surface area contributed by atoms with E-state index in [1.54, 1.807) is 25.3 Å². The lowest BCUT2D eigenvalue weighted by atomic mass is 10.1. The summed E-state index contributed by atoms with van der Waals surface area (Å²) in [5, 5.41) is 8.77. The number of carboxylic acids is 1. The van der Waals surface area contributed by atoms with E-state index in [0.717, 1.165) is 34.1 Å². The number of carboxylic acid groups (broad SMARTS) is 1. The van der Waals surface area contributed by atoms with Gasteiger partial charge in [-0.05, 0) is 47.0 Å². The molecule has 4 heteroatoms. The smallest absolute Gasteiger partial charge is 0.328 e. The molecule has 3 rings (SSSR count). The third-order valence-electron chi connectivity index (χ3n) is 4.08. The van der Waals surface area contributed by atoms with E-state index < -0.39 is 5.97 Å². The van der Waals surface area contributed by atoms with Gasteiger partial charge in [0.2, 0.25) is 0 Å². The predicted octanol–water partition coefficient (Wildman–Crippen LogP) is 5.04. The molecular weight excluding hydrogens is 340 g/mol. The second kappa shape index (κ2) is 8.72. The number of hydrogen-bond donors (Lipinski definition) is 1. The van der Waals surface area contributed by atoms with Crippen LogP contribution in [0.2, 0.25) is 0 Å². The Morgan fingerprint density at radius 2 is 1.67 bits per heavy atom. The number of ether oxygens (including phenoxy) is 2. The molecule has 0 aliphatic rings. The van der Waals surface area contributed by atoms with Crippen molar-refractivity contribution in [3.05, 3.63) is 90.0 Å². The van der Waals surface area contributed by atoms with Crippen LogP contribution in [0.4, 0.5) is 0 Å². The summed E-state index contributed by atoms with van der Waals surface area (Å²) in [4.78, 5) is 10.7. The molecule has 0 aromatic heterocycles. The fourth-order valence-electron chi connectivity index (χ4n) is 2.72. The van der Waals surface area contributed by atoms with Crippen molar-refractivity contribution in [2.45, 2.75) is 6.61 Å². The number of benzene rings is 3. The van der Waals surface area contributed by atoms with Gasteiger partial charge in [0, 0.05) is 11.6 Å². The minimum Gasteiger partial charge on any atom is -0.496 e. The Morgan fingerprint density at radius 3 is 2.33 bits per heavy atom. The fraction of sp³-hybridized carbons (Fsp3) is 0.0870. The van der Waals surface area contributed by atoms with Crippen molar-refractivity contribution in [3.63, 3.8) is 0 Å². The molecule has 0 aliphatic carbocycles. The minimum absolute atomic E-state index is 0.322. The van der Waals surface area contributed by atoms with Gasteiger partial charge in [0.25, 0.3) is 0 Å². The molecule has 0 unspecified atom stereocenters. The van der Waals surface area contributed by atoms with Crippen molar-refractivity contribution in [2.24, 2.45) is 0 Å². The van der Waals surface area contributed by atoms with E-state index in [4.69, 9.17) is 14.6 Å². The maximum Gasteiger partial charge on any atom is 0.328 e. The Morgan fingerprint density at radius 1 is 0.963 bits per heavy atom. The van der Waals surface area contributed by atoms with Crippen molar-refractivity contribution >= 4 is 12.0 Å². The Hall–Kier alpha value is -3.53. The average molecular weight is 360 g/mol. The Labute approximate surface area is 158 Å². The van der Waals surface area contributed by atoms with E-state index in [2.05, 4.69) is 12.1 Å². The molecule has 0 radical (unpaired) electrons. The number of carbonyl (C=O) groups is 1. The van der Waals surface area contributed by atoms with Crippen molar-refractivity contribution in [3.8, 4) is 22.6 Å². The van der Waals surface area contributed by atoms with Gasteiger partial charge in [-0.2, -0.15) is 0 Å². The molecule has 0 heterocycles. The highest BCUT2D eigenvalue weighted by Gasteiger charge is 2.06. The number of methoxy groups -OCH3 is 1. The zero-order valence-electron chi connectivity index (χ0n) is 15.0. The first-order valence-corrected chi connectivity index (χ1v) is 8.52. The molecule has 0 amide bonds. The first kappa shape index (κ1) is 18.3. The monoisotopic (exact) mass is 360 g/mol. The molecule has 3 aromatic carbocycles.